The number of hydrogen-bond donors (Lipinski definition) is 1. The lowest BCUT2D eigenvalue weighted by Crippen LogP contribution is -2.25. The van der Waals surface area contributed by atoms with Gasteiger partial charge in [-0.2, -0.15) is 5.01 Å². The van der Waals surface area contributed by atoms with Crippen molar-refractivity contribution in [2.24, 2.45) is 5.10 Å². The number of anilines is 1. The Labute approximate surface area is 201 Å². The molecule has 1 atom stereocenters. The molecule has 4 rings (SSSR count). The van der Waals surface area contributed by atoms with E-state index >= 15 is 0 Å². The first-order valence-electron chi connectivity index (χ1n) is 10.3. The average Bonchev–Trinajstić information content (AvgIpc) is 3.30. The zero-order valence-electron chi connectivity index (χ0n) is 18.7. The van der Waals surface area contributed by atoms with Gasteiger partial charge in [0.2, 0.25) is 18.0 Å². The molecule has 3 aromatic rings. The first-order chi connectivity index (χ1) is 16.4. The largest absolute Gasteiger partial charge is 0.497 e. The molecule has 0 aromatic heterocycles. The Morgan fingerprint density at radius 2 is 1.82 bits per heavy atom. The molecule has 0 bridgehead atoms. The lowest BCUT2D eigenvalue weighted by Gasteiger charge is -2.20. The van der Waals surface area contributed by atoms with Crippen LogP contribution in [0.3, 0.4) is 0 Å². The van der Waals surface area contributed by atoms with Gasteiger partial charge in [0, 0.05) is 24.2 Å². The molecule has 0 saturated heterocycles. The summed E-state index contributed by atoms with van der Waals surface area (Å²) in [6.45, 7) is 1.40. The van der Waals surface area contributed by atoms with E-state index in [0.29, 0.717) is 38.9 Å². The Morgan fingerprint density at radius 1 is 1.03 bits per heavy atom. The van der Waals surface area contributed by atoms with Gasteiger partial charge in [-0.05, 0) is 36.4 Å². The number of methoxy groups -OCH3 is 2. The number of ether oxygens (including phenoxy) is 3. The maximum absolute atomic E-state index is 12.7. The van der Waals surface area contributed by atoms with E-state index in [1.807, 2.05) is 0 Å². The van der Waals surface area contributed by atoms with Gasteiger partial charge in [-0.1, -0.05) is 35.9 Å². The van der Waals surface area contributed by atoms with Crippen molar-refractivity contribution < 1.29 is 23.8 Å². The zero-order valence-corrected chi connectivity index (χ0v) is 19.5. The summed E-state index contributed by atoms with van der Waals surface area (Å²) in [7, 11) is 3.09. The van der Waals surface area contributed by atoms with Crippen molar-refractivity contribution in [1.29, 1.82) is 0 Å². The summed E-state index contributed by atoms with van der Waals surface area (Å²) in [6, 6.07) is 19.0. The van der Waals surface area contributed by atoms with Crippen molar-refractivity contribution >= 4 is 35.0 Å². The SMILES string of the molecule is COc1ccc(C2=NN(C(C)=O)[C@H](c3cccc(NC(=O)c4ccccc4Cl)c3)O2)c(OC)c1. The highest BCUT2D eigenvalue weighted by Gasteiger charge is 2.34. The molecule has 8 nitrogen and oxygen atoms in total. The van der Waals surface area contributed by atoms with Crippen LogP contribution in [0.2, 0.25) is 5.02 Å². The molecule has 3 aromatic carbocycles. The van der Waals surface area contributed by atoms with E-state index < -0.39 is 6.23 Å². The van der Waals surface area contributed by atoms with Gasteiger partial charge in [-0.3, -0.25) is 9.59 Å². The van der Waals surface area contributed by atoms with Crippen molar-refractivity contribution in [3.63, 3.8) is 0 Å². The summed E-state index contributed by atoms with van der Waals surface area (Å²) in [5.74, 6) is 0.672. The minimum Gasteiger partial charge on any atom is -0.497 e. The molecule has 1 N–H and O–H groups in total. The van der Waals surface area contributed by atoms with E-state index in [1.54, 1.807) is 73.8 Å². The summed E-state index contributed by atoms with van der Waals surface area (Å²) in [5.41, 5.74) is 2.07. The molecule has 0 spiro atoms. The van der Waals surface area contributed by atoms with Crippen LogP contribution in [0, 0.1) is 0 Å². The fraction of sp³-hybridized carbons (Fsp3) is 0.160. The summed E-state index contributed by atoms with van der Waals surface area (Å²) in [4.78, 5) is 25.0. The molecule has 2 amide bonds. The van der Waals surface area contributed by atoms with Crippen LogP contribution in [0.4, 0.5) is 5.69 Å². The van der Waals surface area contributed by atoms with E-state index in [0.717, 1.165) is 0 Å². The minimum absolute atomic E-state index is 0.227. The Balaban J connectivity index is 1.61. The number of nitrogens with zero attached hydrogens (tertiary/aromatic N) is 2. The highest BCUT2D eigenvalue weighted by molar-refractivity contribution is 6.34. The monoisotopic (exact) mass is 479 g/mol. The molecule has 9 heteroatoms. The number of rotatable bonds is 6. The zero-order chi connectivity index (χ0) is 24.2. The third-order valence-electron chi connectivity index (χ3n) is 5.15. The summed E-state index contributed by atoms with van der Waals surface area (Å²) < 4.78 is 16.8. The molecule has 0 unspecified atom stereocenters. The highest BCUT2D eigenvalue weighted by atomic mass is 35.5. The third-order valence-corrected chi connectivity index (χ3v) is 5.48. The van der Waals surface area contributed by atoms with Crippen molar-refractivity contribution in [1.82, 2.24) is 5.01 Å². The van der Waals surface area contributed by atoms with Crippen LogP contribution in [-0.2, 0) is 9.53 Å². The van der Waals surface area contributed by atoms with Crippen LogP contribution in [0.1, 0.15) is 34.6 Å². The maximum atomic E-state index is 12.7. The van der Waals surface area contributed by atoms with Crippen LogP contribution < -0.4 is 14.8 Å². The van der Waals surface area contributed by atoms with Gasteiger partial charge in [0.15, 0.2) is 0 Å². The van der Waals surface area contributed by atoms with Gasteiger partial charge in [-0.25, -0.2) is 0 Å². The number of hydrogen-bond acceptors (Lipinski definition) is 6. The van der Waals surface area contributed by atoms with E-state index in [2.05, 4.69) is 10.4 Å². The Kier molecular flexibility index (Phi) is 6.70. The van der Waals surface area contributed by atoms with Crippen molar-refractivity contribution in [3.05, 3.63) is 88.4 Å². The lowest BCUT2D eigenvalue weighted by atomic mass is 10.1. The second-order valence-corrected chi connectivity index (χ2v) is 7.77. The van der Waals surface area contributed by atoms with E-state index in [1.165, 1.54) is 19.0 Å². The highest BCUT2D eigenvalue weighted by Crippen LogP contribution is 2.35. The number of nitrogens with one attached hydrogen (secondary N) is 1. The smallest absolute Gasteiger partial charge is 0.257 e. The molecule has 0 radical (unpaired) electrons. The number of carbonyl (C=O) groups excluding carboxylic acids is 2. The number of halogens is 1. The molecule has 1 aliphatic rings. The van der Waals surface area contributed by atoms with Gasteiger partial charge >= 0.3 is 0 Å². The number of benzene rings is 3. The molecule has 174 valence electrons. The second kappa shape index (κ2) is 9.84. The van der Waals surface area contributed by atoms with Crippen LogP contribution in [-0.4, -0.2) is 36.9 Å². The normalized spacial score (nSPS) is 14.8. The molecular weight excluding hydrogens is 458 g/mol. The van der Waals surface area contributed by atoms with E-state index in [-0.39, 0.29) is 17.7 Å². The average molecular weight is 480 g/mol. The number of carbonyl (C=O) groups is 2. The van der Waals surface area contributed by atoms with E-state index in [9.17, 15) is 9.59 Å². The molecule has 0 aliphatic carbocycles. The fourth-order valence-electron chi connectivity index (χ4n) is 3.48. The molecule has 1 heterocycles. The predicted molar refractivity (Wildman–Crippen MR) is 128 cm³/mol. The number of hydrazone groups is 1. The Bertz CT molecular complexity index is 1280. The Morgan fingerprint density at radius 3 is 2.53 bits per heavy atom. The molecule has 1 aliphatic heterocycles. The van der Waals surface area contributed by atoms with Crippen molar-refractivity contribution in [2.45, 2.75) is 13.2 Å². The third kappa shape index (κ3) is 4.67. The van der Waals surface area contributed by atoms with Crippen LogP contribution in [0.25, 0.3) is 0 Å². The van der Waals surface area contributed by atoms with Gasteiger partial charge in [-0.15, -0.1) is 5.10 Å². The fourth-order valence-corrected chi connectivity index (χ4v) is 3.70. The predicted octanol–water partition coefficient (Wildman–Crippen LogP) is 4.85. The molecule has 0 saturated carbocycles. The van der Waals surface area contributed by atoms with Crippen LogP contribution >= 0.6 is 11.6 Å². The van der Waals surface area contributed by atoms with Crippen LogP contribution in [0.15, 0.2) is 71.8 Å². The minimum atomic E-state index is -0.823. The quantitative estimate of drug-likeness (QED) is 0.546. The standard InChI is InChI=1S/C25H22ClN3O5/c1-15(30)29-25(34-24(28-29)20-12-11-18(32-2)14-22(20)33-3)16-7-6-8-17(13-16)27-23(31)19-9-4-5-10-21(19)26/h4-14,25H,1-3H3,(H,27,31)/t25-/m0/s1. The topological polar surface area (TPSA) is 89.5 Å². The summed E-state index contributed by atoms with van der Waals surface area (Å²) >= 11 is 6.13. The Hall–Kier alpha value is -4.04. The summed E-state index contributed by atoms with van der Waals surface area (Å²) in [6.07, 6.45) is -0.823. The second-order valence-electron chi connectivity index (χ2n) is 7.36. The lowest BCUT2D eigenvalue weighted by molar-refractivity contribution is -0.135. The molecule has 34 heavy (non-hydrogen) atoms. The maximum Gasteiger partial charge on any atom is 0.257 e. The molecular formula is C25H22ClN3O5. The van der Waals surface area contributed by atoms with Crippen LogP contribution in [0.5, 0.6) is 11.5 Å². The van der Waals surface area contributed by atoms with E-state index in [4.69, 9.17) is 25.8 Å². The van der Waals surface area contributed by atoms with Gasteiger partial charge in [0.1, 0.15) is 11.5 Å². The molecule has 0 fully saturated rings. The summed E-state index contributed by atoms with van der Waals surface area (Å²) in [5, 5.41) is 8.80. The van der Waals surface area contributed by atoms with Gasteiger partial charge in [0.25, 0.3) is 5.91 Å². The van der Waals surface area contributed by atoms with Gasteiger partial charge in [0.05, 0.1) is 30.4 Å². The van der Waals surface area contributed by atoms with Crippen molar-refractivity contribution in [3.8, 4) is 11.5 Å². The number of amides is 2. The van der Waals surface area contributed by atoms with Crippen molar-refractivity contribution in [2.75, 3.05) is 19.5 Å². The first kappa shape index (κ1) is 23.1. The van der Waals surface area contributed by atoms with Gasteiger partial charge < -0.3 is 19.5 Å². The first-order valence-corrected chi connectivity index (χ1v) is 10.7.